The zero-order chi connectivity index (χ0) is 11.1. The van der Waals surface area contributed by atoms with Gasteiger partial charge < -0.3 is 10.1 Å². The smallest absolute Gasteiger partial charge is 0.212 e. The molecule has 1 heterocycles. The fourth-order valence-electron chi connectivity index (χ4n) is 1.24. The van der Waals surface area contributed by atoms with Gasteiger partial charge in [0.25, 0.3) is 0 Å². The van der Waals surface area contributed by atoms with Crippen molar-refractivity contribution in [2.75, 3.05) is 19.1 Å². The van der Waals surface area contributed by atoms with Crippen LogP contribution in [0.3, 0.4) is 0 Å². The Bertz CT molecular complexity index is 276. The molecule has 1 rings (SSSR count). The summed E-state index contributed by atoms with van der Waals surface area (Å²) in [4.78, 5) is 4.15. The first-order valence-corrected chi connectivity index (χ1v) is 6.37. The number of ether oxygens (including phenoxy) is 1. The number of methoxy groups -OCH3 is 1. The average Bonchev–Trinajstić information content (AvgIpc) is 2.27. The molecule has 3 nitrogen and oxygen atoms in total. The Morgan fingerprint density at radius 2 is 2.33 bits per heavy atom. The summed E-state index contributed by atoms with van der Waals surface area (Å²) < 4.78 is 5.00. The van der Waals surface area contributed by atoms with Crippen LogP contribution in [-0.2, 0) is 6.54 Å². The van der Waals surface area contributed by atoms with E-state index in [1.165, 1.54) is 5.56 Å². The first-order valence-electron chi connectivity index (χ1n) is 4.97. The van der Waals surface area contributed by atoms with Gasteiger partial charge in [-0.05, 0) is 18.7 Å². The number of hydrogen-bond donors (Lipinski definition) is 1. The molecule has 15 heavy (non-hydrogen) atoms. The van der Waals surface area contributed by atoms with E-state index in [0.717, 1.165) is 12.3 Å². The second-order valence-corrected chi connectivity index (χ2v) is 4.36. The molecule has 1 aromatic rings. The van der Waals surface area contributed by atoms with Crippen LogP contribution in [0.5, 0.6) is 5.88 Å². The third-order valence-corrected chi connectivity index (χ3v) is 2.91. The molecule has 0 bridgehead atoms. The lowest BCUT2D eigenvalue weighted by atomic mass is 10.2. The molecule has 1 aromatic heterocycles. The summed E-state index contributed by atoms with van der Waals surface area (Å²) in [7, 11) is 1.63. The maximum Gasteiger partial charge on any atom is 0.212 e. The van der Waals surface area contributed by atoms with Gasteiger partial charge in [0.2, 0.25) is 5.88 Å². The molecule has 0 radical (unpaired) electrons. The van der Waals surface area contributed by atoms with Gasteiger partial charge in [-0.15, -0.1) is 0 Å². The molecule has 0 saturated carbocycles. The molecule has 84 valence electrons. The standard InChI is InChI=1S/C11H18N2OS/c1-9(8-15-3)12-6-10-4-5-11(14-2)13-7-10/h4-5,7,9,12H,6,8H2,1-3H3. The Labute approximate surface area is 95.6 Å². The zero-order valence-electron chi connectivity index (χ0n) is 9.49. The number of thioether (sulfide) groups is 1. The third kappa shape index (κ3) is 4.53. The van der Waals surface area contributed by atoms with Gasteiger partial charge in [-0.25, -0.2) is 4.98 Å². The Hall–Kier alpha value is -0.740. The van der Waals surface area contributed by atoms with Crippen molar-refractivity contribution < 1.29 is 4.74 Å². The number of nitrogens with zero attached hydrogens (tertiary/aromatic N) is 1. The van der Waals surface area contributed by atoms with E-state index in [1.54, 1.807) is 7.11 Å². The molecule has 0 aliphatic rings. The molecular formula is C11H18N2OS. The van der Waals surface area contributed by atoms with Crippen LogP contribution >= 0.6 is 11.8 Å². The van der Waals surface area contributed by atoms with E-state index >= 15 is 0 Å². The number of nitrogens with one attached hydrogen (secondary N) is 1. The van der Waals surface area contributed by atoms with Crippen LogP contribution < -0.4 is 10.1 Å². The van der Waals surface area contributed by atoms with Crippen molar-refractivity contribution >= 4 is 11.8 Å². The second-order valence-electron chi connectivity index (χ2n) is 3.45. The molecule has 0 aliphatic heterocycles. The van der Waals surface area contributed by atoms with E-state index in [2.05, 4.69) is 23.5 Å². The maximum absolute atomic E-state index is 5.00. The summed E-state index contributed by atoms with van der Waals surface area (Å²) >= 11 is 1.85. The Kier molecular flexibility index (Phi) is 5.50. The number of pyridine rings is 1. The Morgan fingerprint density at radius 3 is 2.87 bits per heavy atom. The normalized spacial score (nSPS) is 12.5. The van der Waals surface area contributed by atoms with Crippen LogP contribution in [0, 0.1) is 0 Å². The monoisotopic (exact) mass is 226 g/mol. The molecule has 1 atom stereocenters. The van der Waals surface area contributed by atoms with Gasteiger partial charge in [-0.1, -0.05) is 6.07 Å². The number of hydrogen-bond acceptors (Lipinski definition) is 4. The Balaban J connectivity index is 2.37. The maximum atomic E-state index is 5.00. The van der Waals surface area contributed by atoms with E-state index < -0.39 is 0 Å². The Morgan fingerprint density at radius 1 is 1.53 bits per heavy atom. The zero-order valence-corrected chi connectivity index (χ0v) is 10.3. The molecule has 0 saturated heterocycles. The van der Waals surface area contributed by atoms with Gasteiger partial charge in [0.15, 0.2) is 0 Å². The summed E-state index contributed by atoms with van der Waals surface area (Å²) in [6, 6.07) is 4.45. The van der Waals surface area contributed by atoms with Gasteiger partial charge in [0, 0.05) is 30.6 Å². The van der Waals surface area contributed by atoms with E-state index in [1.807, 2.05) is 30.1 Å². The molecular weight excluding hydrogens is 208 g/mol. The largest absolute Gasteiger partial charge is 0.481 e. The number of aromatic nitrogens is 1. The lowest BCUT2D eigenvalue weighted by Crippen LogP contribution is -2.27. The van der Waals surface area contributed by atoms with Crippen molar-refractivity contribution in [3.63, 3.8) is 0 Å². The fraction of sp³-hybridized carbons (Fsp3) is 0.545. The topological polar surface area (TPSA) is 34.1 Å². The minimum atomic E-state index is 0.530. The average molecular weight is 226 g/mol. The number of rotatable bonds is 6. The van der Waals surface area contributed by atoms with Crippen LogP contribution in [0.15, 0.2) is 18.3 Å². The van der Waals surface area contributed by atoms with Crippen LogP contribution in [-0.4, -0.2) is 30.1 Å². The predicted octanol–water partition coefficient (Wildman–Crippen LogP) is 1.93. The first kappa shape index (κ1) is 12.3. The van der Waals surface area contributed by atoms with E-state index in [9.17, 15) is 0 Å². The summed E-state index contributed by atoms with van der Waals surface area (Å²) in [6.45, 7) is 3.05. The first-order chi connectivity index (χ1) is 7.26. The predicted molar refractivity (Wildman–Crippen MR) is 65.5 cm³/mol. The van der Waals surface area contributed by atoms with Gasteiger partial charge in [0.1, 0.15) is 0 Å². The quantitative estimate of drug-likeness (QED) is 0.803. The fourth-order valence-corrected chi connectivity index (χ4v) is 1.86. The minimum Gasteiger partial charge on any atom is -0.481 e. The van der Waals surface area contributed by atoms with Crippen molar-refractivity contribution in [2.45, 2.75) is 19.5 Å². The molecule has 0 fully saturated rings. The van der Waals surface area contributed by atoms with E-state index in [-0.39, 0.29) is 0 Å². The summed E-state index contributed by atoms with van der Waals surface area (Å²) in [6.07, 6.45) is 3.96. The van der Waals surface area contributed by atoms with Crippen molar-refractivity contribution in [1.29, 1.82) is 0 Å². The molecule has 0 aliphatic carbocycles. The lowest BCUT2D eigenvalue weighted by Gasteiger charge is -2.12. The van der Waals surface area contributed by atoms with Gasteiger partial charge in [-0.2, -0.15) is 11.8 Å². The SMILES string of the molecule is COc1ccc(CNC(C)CSC)cn1. The van der Waals surface area contributed by atoms with Crippen LogP contribution in [0.4, 0.5) is 0 Å². The molecule has 0 aromatic carbocycles. The van der Waals surface area contributed by atoms with Crippen LogP contribution in [0.25, 0.3) is 0 Å². The van der Waals surface area contributed by atoms with Crippen molar-refractivity contribution in [1.82, 2.24) is 10.3 Å². The lowest BCUT2D eigenvalue weighted by molar-refractivity contribution is 0.397. The van der Waals surface area contributed by atoms with E-state index in [4.69, 9.17) is 4.74 Å². The van der Waals surface area contributed by atoms with E-state index in [0.29, 0.717) is 11.9 Å². The third-order valence-electron chi connectivity index (χ3n) is 2.08. The van der Waals surface area contributed by atoms with Gasteiger partial charge in [-0.3, -0.25) is 0 Å². The molecule has 1 unspecified atom stereocenters. The van der Waals surface area contributed by atoms with Gasteiger partial charge in [0.05, 0.1) is 7.11 Å². The van der Waals surface area contributed by atoms with Crippen molar-refractivity contribution in [2.24, 2.45) is 0 Å². The summed E-state index contributed by atoms with van der Waals surface area (Å²) in [5, 5.41) is 3.44. The minimum absolute atomic E-state index is 0.530. The van der Waals surface area contributed by atoms with Gasteiger partial charge >= 0.3 is 0 Å². The van der Waals surface area contributed by atoms with Crippen LogP contribution in [0.2, 0.25) is 0 Å². The molecule has 1 N–H and O–H groups in total. The highest BCUT2D eigenvalue weighted by atomic mass is 32.2. The summed E-state index contributed by atoms with van der Waals surface area (Å²) in [5.74, 6) is 1.79. The van der Waals surface area contributed by atoms with Crippen molar-refractivity contribution in [3.05, 3.63) is 23.9 Å². The van der Waals surface area contributed by atoms with Crippen molar-refractivity contribution in [3.8, 4) is 5.88 Å². The summed E-state index contributed by atoms with van der Waals surface area (Å²) in [5.41, 5.74) is 1.18. The highest BCUT2D eigenvalue weighted by Gasteiger charge is 2.00. The highest BCUT2D eigenvalue weighted by molar-refractivity contribution is 7.98. The molecule has 4 heteroatoms. The second kappa shape index (κ2) is 6.69. The highest BCUT2D eigenvalue weighted by Crippen LogP contribution is 2.06. The van der Waals surface area contributed by atoms with Crippen LogP contribution in [0.1, 0.15) is 12.5 Å². The molecule has 0 amide bonds. The molecule has 0 spiro atoms.